The maximum atomic E-state index is 11.8. The van der Waals surface area contributed by atoms with E-state index < -0.39 is 21.8 Å². The normalized spacial score (nSPS) is 10.8. The number of primary sulfonamides is 1. The number of sulfonamides is 1. The molecular formula is C19H23N3O6S. The van der Waals surface area contributed by atoms with Crippen LogP contribution in [0.5, 0.6) is 11.5 Å². The molecule has 2 rings (SSSR count). The summed E-state index contributed by atoms with van der Waals surface area (Å²) in [6.07, 6.45) is 0.435. The number of carbonyl (C=O) groups excluding carboxylic acids is 2. The predicted molar refractivity (Wildman–Crippen MR) is 106 cm³/mol. The van der Waals surface area contributed by atoms with Crippen molar-refractivity contribution in [2.75, 3.05) is 26.8 Å². The third-order valence-corrected chi connectivity index (χ3v) is 4.80. The van der Waals surface area contributed by atoms with Gasteiger partial charge in [-0.2, -0.15) is 0 Å². The van der Waals surface area contributed by atoms with Crippen molar-refractivity contribution in [2.24, 2.45) is 5.14 Å². The molecule has 2 amide bonds. The third kappa shape index (κ3) is 7.43. The van der Waals surface area contributed by atoms with E-state index in [1.54, 1.807) is 43.5 Å². The van der Waals surface area contributed by atoms with Gasteiger partial charge in [-0.25, -0.2) is 13.6 Å². The monoisotopic (exact) mass is 421 g/mol. The summed E-state index contributed by atoms with van der Waals surface area (Å²) in [7, 11) is -2.17. The van der Waals surface area contributed by atoms with Crippen LogP contribution < -0.4 is 25.2 Å². The van der Waals surface area contributed by atoms with Gasteiger partial charge in [-0.3, -0.25) is 9.59 Å². The first-order chi connectivity index (χ1) is 13.8. The van der Waals surface area contributed by atoms with E-state index in [9.17, 15) is 18.0 Å². The molecule has 0 spiro atoms. The minimum Gasteiger partial charge on any atom is -0.497 e. The number of methoxy groups -OCH3 is 1. The van der Waals surface area contributed by atoms with E-state index in [1.807, 2.05) is 0 Å². The van der Waals surface area contributed by atoms with Crippen molar-refractivity contribution >= 4 is 21.8 Å². The lowest BCUT2D eigenvalue weighted by Crippen LogP contribution is -2.42. The topological polar surface area (TPSA) is 137 Å². The summed E-state index contributed by atoms with van der Waals surface area (Å²) in [6, 6.07) is 13.0. The van der Waals surface area contributed by atoms with Gasteiger partial charge in [-0.15, -0.1) is 0 Å². The van der Waals surface area contributed by atoms with Gasteiger partial charge in [0.2, 0.25) is 10.0 Å². The second kappa shape index (κ2) is 10.4. The molecule has 0 bridgehead atoms. The van der Waals surface area contributed by atoms with Gasteiger partial charge in [0.1, 0.15) is 18.1 Å². The number of amides is 2. The summed E-state index contributed by atoms with van der Waals surface area (Å²) < 4.78 is 32.9. The molecule has 0 atom stereocenters. The van der Waals surface area contributed by atoms with Gasteiger partial charge in [0, 0.05) is 6.54 Å². The number of carbonyl (C=O) groups is 2. The minimum absolute atomic E-state index is 0.0153. The molecule has 10 heteroatoms. The molecular weight excluding hydrogens is 398 g/mol. The molecule has 0 unspecified atom stereocenters. The van der Waals surface area contributed by atoms with Gasteiger partial charge in [-0.1, -0.05) is 12.1 Å². The largest absolute Gasteiger partial charge is 0.497 e. The summed E-state index contributed by atoms with van der Waals surface area (Å²) in [4.78, 5) is 23.6. The van der Waals surface area contributed by atoms with Crippen molar-refractivity contribution in [3.8, 4) is 11.5 Å². The summed E-state index contributed by atoms with van der Waals surface area (Å²) in [6.45, 7) is 0.610. The van der Waals surface area contributed by atoms with Gasteiger partial charge in [-0.05, 0) is 48.4 Å². The van der Waals surface area contributed by atoms with E-state index in [0.29, 0.717) is 17.9 Å². The standard InChI is InChI=1S/C19H23N3O6S/c1-27-15-4-6-16(7-5-15)28-13-12-22-19(24)18(23)21-11-10-14-2-8-17(9-3-14)29(20,25)26/h2-9H,10-13H2,1H3,(H,21,23)(H,22,24)(H2,20,25,26). The van der Waals surface area contributed by atoms with Crippen LogP contribution in [0.2, 0.25) is 0 Å². The van der Waals surface area contributed by atoms with Crippen molar-refractivity contribution in [1.29, 1.82) is 0 Å². The highest BCUT2D eigenvalue weighted by Gasteiger charge is 2.12. The van der Waals surface area contributed by atoms with Crippen LogP contribution >= 0.6 is 0 Å². The minimum atomic E-state index is -3.74. The molecule has 0 saturated carbocycles. The Bertz CT molecular complexity index is 927. The number of ether oxygens (including phenoxy) is 2. The summed E-state index contributed by atoms with van der Waals surface area (Å²) >= 11 is 0. The molecule has 156 valence electrons. The first-order valence-corrected chi connectivity index (χ1v) is 10.3. The average Bonchev–Trinajstić information content (AvgIpc) is 2.71. The molecule has 2 aromatic carbocycles. The second-order valence-electron chi connectivity index (χ2n) is 5.97. The summed E-state index contributed by atoms with van der Waals surface area (Å²) in [5.41, 5.74) is 0.797. The lowest BCUT2D eigenvalue weighted by molar-refractivity contribution is -0.139. The number of hydrogen-bond donors (Lipinski definition) is 3. The van der Waals surface area contributed by atoms with Crippen molar-refractivity contribution in [3.05, 3.63) is 54.1 Å². The predicted octanol–water partition coefficient (Wildman–Crippen LogP) is 0.197. The highest BCUT2D eigenvalue weighted by atomic mass is 32.2. The van der Waals surface area contributed by atoms with Crippen molar-refractivity contribution in [2.45, 2.75) is 11.3 Å². The molecule has 4 N–H and O–H groups in total. The second-order valence-corrected chi connectivity index (χ2v) is 7.54. The van der Waals surface area contributed by atoms with Gasteiger partial charge >= 0.3 is 11.8 Å². The van der Waals surface area contributed by atoms with Gasteiger partial charge in [0.05, 0.1) is 18.6 Å². The Balaban J connectivity index is 1.65. The smallest absolute Gasteiger partial charge is 0.309 e. The molecule has 0 aliphatic rings. The van der Waals surface area contributed by atoms with Crippen LogP contribution in [0.3, 0.4) is 0 Å². The Kier molecular flexibility index (Phi) is 7.98. The Labute approximate surface area is 169 Å². The molecule has 0 heterocycles. The molecule has 0 radical (unpaired) electrons. The Morgan fingerprint density at radius 1 is 0.897 bits per heavy atom. The Morgan fingerprint density at radius 2 is 1.45 bits per heavy atom. The zero-order chi connectivity index (χ0) is 21.3. The van der Waals surface area contributed by atoms with Crippen LogP contribution in [-0.2, 0) is 26.0 Å². The lowest BCUT2D eigenvalue weighted by atomic mass is 10.1. The van der Waals surface area contributed by atoms with Gasteiger partial charge in [0.15, 0.2) is 0 Å². The molecule has 0 fully saturated rings. The molecule has 0 aliphatic heterocycles. The van der Waals surface area contributed by atoms with E-state index in [-0.39, 0.29) is 24.6 Å². The lowest BCUT2D eigenvalue weighted by Gasteiger charge is -2.09. The van der Waals surface area contributed by atoms with Crippen LogP contribution in [0.4, 0.5) is 0 Å². The molecule has 0 aromatic heterocycles. The van der Waals surface area contributed by atoms with Gasteiger partial charge < -0.3 is 20.1 Å². The van der Waals surface area contributed by atoms with E-state index in [4.69, 9.17) is 14.6 Å². The van der Waals surface area contributed by atoms with E-state index >= 15 is 0 Å². The number of nitrogens with two attached hydrogens (primary N) is 1. The summed E-state index contributed by atoms with van der Waals surface area (Å²) in [5, 5.41) is 10.00. The highest BCUT2D eigenvalue weighted by Crippen LogP contribution is 2.16. The van der Waals surface area contributed by atoms with E-state index in [0.717, 1.165) is 5.56 Å². The average molecular weight is 421 g/mol. The quantitative estimate of drug-likeness (QED) is 0.391. The van der Waals surface area contributed by atoms with Crippen LogP contribution in [-0.4, -0.2) is 47.0 Å². The molecule has 9 nitrogen and oxygen atoms in total. The fourth-order valence-corrected chi connectivity index (χ4v) is 2.85. The highest BCUT2D eigenvalue weighted by molar-refractivity contribution is 7.89. The third-order valence-electron chi connectivity index (χ3n) is 3.87. The number of hydrogen-bond acceptors (Lipinski definition) is 6. The van der Waals surface area contributed by atoms with Crippen molar-refractivity contribution in [3.63, 3.8) is 0 Å². The maximum absolute atomic E-state index is 11.8. The fourth-order valence-electron chi connectivity index (χ4n) is 2.33. The van der Waals surface area contributed by atoms with Crippen molar-refractivity contribution < 1.29 is 27.5 Å². The van der Waals surface area contributed by atoms with Crippen LogP contribution in [0.15, 0.2) is 53.4 Å². The fraction of sp³-hybridized carbons (Fsp3) is 0.263. The zero-order valence-corrected chi connectivity index (χ0v) is 16.7. The number of nitrogens with one attached hydrogen (secondary N) is 2. The molecule has 29 heavy (non-hydrogen) atoms. The first-order valence-electron chi connectivity index (χ1n) is 8.74. The Morgan fingerprint density at radius 3 is 2.00 bits per heavy atom. The van der Waals surface area contributed by atoms with Crippen molar-refractivity contribution in [1.82, 2.24) is 10.6 Å². The first kappa shape index (κ1) is 22.2. The number of benzene rings is 2. The van der Waals surface area contributed by atoms with E-state index in [2.05, 4.69) is 10.6 Å². The van der Waals surface area contributed by atoms with E-state index in [1.165, 1.54) is 12.1 Å². The van der Waals surface area contributed by atoms with Crippen LogP contribution in [0.1, 0.15) is 5.56 Å². The zero-order valence-electron chi connectivity index (χ0n) is 15.9. The maximum Gasteiger partial charge on any atom is 0.309 e. The molecule has 0 saturated heterocycles. The summed E-state index contributed by atoms with van der Waals surface area (Å²) in [5.74, 6) is -0.177. The van der Waals surface area contributed by atoms with Crippen LogP contribution in [0, 0.1) is 0 Å². The number of rotatable bonds is 9. The molecule has 0 aliphatic carbocycles. The molecule has 2 aromatic rings. The Hall–Kier alpha value is -3.11. The van der Waals surface area contributed by atoms with Crippen LogP contribution in [0.25, 0.3) is 0 Å². The van der Waals surface area contributed by atoms with Gasteiger partial charge in [0.25, 0.3) is 0 Å². The SMILES string of the molecule is COc1ccc(OCCNC(=O)C(=O)NCCc2ccc(S(N)(=O)=O)cc2)cc1.